The van der Waals surface area contributed by atoms with Gasteiger partial charge in [0.15, 0.2) is 0 Å². The molecule has 34 heavy (non-hydrogen) atoms. The van der Waals surface area contributed by atoms with Gasteiger partial charge in [0.1, 0.15) is 0 Å². The highest BCUT2D eigenvalue weighted by atomic mass is 16.1. The highest BCUT2D eigenvalue weighted by molar-refractivity contribution is 6.08. The van der Waals surface area contributed by atoms with E-state index in [-0.39, 0.29) is 0 Å². The summed E-state index contributed by atoms with van der Waals surface area (Å²) in [7, 11) is 0. The van der Waals surface area contributed by atoms with Gasteiger partial charge in [-0.05, 0) is 69.1 Å². The van der Waals surface area contributed by atoms with Gasteiger partial charge in [-0.25, -0.2) is 20.4 Å². The third-order valence-electron chi connectivity index (χ3n) is 5.92. The molecule has 0 atom stereocenters. The van der Waals surface area contributed by atoms with Crippen molar-refractivity contribution in [3.8, 4) is 0 Å². The monoisotopic (exact) mass is 446 g/mol. The molecule has 5 aromatic rings. The fraction of sp³-hybridized carbons (Fsp3) is 0.133. The van der Waals surface area contributed by atoms with E-state index in [1.54, 1.807) is 11.1 Å². The molecule has 168 valence electrons. The van der Waals surface area contributed by atoms with Crippen molar-refractivity contribution in [2.75, 3.05) is 0 Å². The number of hydrogen-bond acceptors (Lipinski definition) is 4. The number of fused-ring (bicyclic) bond motifs is 6. The van der Waals surface area contributed by atoms with Crippen molar-refractivity contribution in [2.24, 2.45) is 0 Å². The molecule has 1 aliphatic carbocycles. The van der Waals surface area contributed by atoms with Crippen molar-refractivity contribution >= 4 is 44.5 Å². The van der Waals surface area contributed by atoms with Crippen molar-refractivity contribution < 1.29 is 9.59 Å². The first kappa shape index (κ1) is 24.3. The van der Waals surface area contributed by atoms with E-state index in [0.717, 1.165) is 12.2 Å². The molecule has 0 unspecified atom stereocenters. The molecule has 6 rings (SSSR count). The zero-order valence-corrected chi connectivity index (χ0v) is 18.9. The van der Waals surface area contributed by atoms with Crippen LogP contribution in [0.5, 0.6) is 0 Å². The van der Waals surface area contributed by atoms with Gasteiger partial charge in [-0.3, -0.25) is 0 Å². The average Bonchev–Trinajstić information content (AvgIpc) is 2.90. The zero-order chi connectivity index (χ0) is 24.2. The van der Waals surface area contributed by atoms with Gasteiger partial charge >= 0.3 is 0 Å². The Morgan fingerprint density at radius 2 is 0.971 bits per heavy atom. The molecule has 4 nitrogen and oxygen atoms in total. The second-order valence-electron chi connectivity index (χ2n) is 7.84. The van der Waals surface area contributed by atoms with E-state index >= 15 is 0 Å². The molecule has 0 bridgehead atoms. The van der Waals surface area contributed by atoms with Gasteiger partial charge in [0.05, 0.1) is 0 Å². The molecule has 0 amide bonds. The minimum atomic E-state index is 0.750. The maximum absolute atomic E-state index is 8.35. The van der Waals surface area contributed by atoms with Crippen molar-refractivity contribution in [3.05, 3.63) is 108 Å². The number of aryl methyl sites for hydroxylation is 2. The van der Waals surface area contributed by atoms with Gasteiger partial charge in [0.25, 0.3) is 0 Å². The quantitative estimate of drug-likeness (QED) is 0.147. The van der Waals surface area contributed by atoms with Crippen LogP contribution in [0.3, 0.4) is 0 Å². The number of isocyanates is 2. The first-order valence-corrected chi connectivity index (χ1v) is 11.2. The molecule has 0 heterocycles. The van der Waals surface area contributed by atoms with Crippen LogP contribution in [0.15, 0.2) is 97.1 Å². The van der Waals surface area contributed by atoms with Crippen LogP contribution in [0, 0.1) is 10.8 Å². The number of benzene rings is 5. The van der Waals surface area contributed by atoms with E-state index in [1.165, 1.54) is 58.0 Å². The number of carbonyl (C=O) groups excluding carboxylic acids is 2. The van der Waals surface area contributed by atoms with Gasteiger partial charge in [0, 0.05) is 0 Å². The topological polar surface area (TPSA) is 81.8 Å². The van der Waals surface area contributed by atoms with Crippen LogP contribution in [0.2, 0.25) is 0 Å². The molecule has 1 aliphatic rings. The average molecular weight is 447 g/mol. The van der Waals surface area contributed by atoms with E-state index in [0.29, 0.717) is 0 Å². The lowest BCUT2D eigenvalue weighted by Gasteiger charge is -2.18. The Labute approximate surface area is 198 Å². The van der Waals surface area contributed by atoms with Gasteiger partial charge in [-0.2, -0.15) is 0 Å². The SMILES string of the molecule is N=C=O.N=C=O.c1ccc2c(c1)ccc1c3c(ccc12)CCCC3.c1ccc2ccccc2c1. The Kier molecular flexibility index (Phi) is 9.01. The van der Waals surface area contributed by atoms with E-state index in [1.807, 2.05) is 0 Å². The number of nitrogens with one attached hydrogen (secondary N) is 2. The molecule has 0 aromatic heterocycles. The fourth-order valence-electron chi connectivity index (χ4n) is 4.48. The molecule has 5 aromatic carbocycles. The van der Waals surface area contributed by atoms with Gasteiger partial charge < -0.3 is 0 Å². The molecule has 0 saturated heterocycles. The predicted octanol–water partition coefficient (Wildman–Crippen LogP) is 7.51. The summed E-state index contributed by atoms with van der Waals surface area (Å²) in [5.74, 6) is 0. The lowest BCUT2D eigenvalue weighted by molar-refractivity contribution is 0.562. The fourth-order valence-corrected chi connectivity index (χ4v) is 4.48. The molecule has 0 fully saturated rings. The largest absolute Gasteiger partial charge is 0.231 e. The molecule has 0 spiro atoms. The smallest absolute Gasteiger partial charge is 0.222 e. The van der Waals surface area contributed by atoms with E-state index in [2.05, 4.69) is 97.1 Å². The van der Waals surface area contributed by atoms with Crippen LogP contribution >= 0.6 is 0 Å². The minimum Gasteiger partial charge on any atom is -0.222 e. The highest BCUT2D eigenvalue weighted by Gasteiger charge is 2.13. The Bertz CT molecular complexity index is 1380. The van der Waals surface area contributed by atoms with Crippen LogP contribution in [-0.2, 0) is 22.4 Å². The molecule has 0 aliphatic heterocycles. The van der Waals surface area contributed by atoms with E-state index < -0.39 is 0 Å². The summed E-state index contributed by atoms with van der Waals surface area (Å²) in [6, 6.07) is 34.7. The molecular formula is C30H26N2O2. The minimum absolute atomic E-state index is 0.750. The molecule has 4 heteroatoms. The van der Waals surface area contributed by atoms with E-state index in [9.17, 15) is 0 Å². The Morgan fingerprint density at radius 1 is 0.500 bits per heavy atom. The van der Waals surface area contributed by atoms with Crippen LogP contribution in [0.4, 0.5) is 0 Å². The Morgan fingerprint density at radius 3 is 1.56 bits per heavy atom. The zero-order valence-electron chi connectivity index (χ0n) is 18.9. The molecule has 0 radical (unpaired) electrons. The summed E-state index contributed by atoms with van der Waals surface area (Å²) < 4.78 is 0. The predicted molar refractivity (Wildman–Crippen MR) is 139 cm³/mol. The summed E-state index contributed by atoms with van der Waals surface area (Å²) in [4.78, 5) is 16.7. The normalized spacial score (nSPS) is 11.3. The summed E-state index contributed by atoms with van der Waals surface area (Å²) >= 11 is 0. The van der Waals surface area contributed by atoms with Crippen molar-refractivity contribution in [1.29, 1.82) is 10.8 Å². The Balaban J connectivity index is 0.000000171. The highest BCUT2D eigenvalue weighted by Crippen LogP contribution is 2.33. The van der Waals surface area contributed by atoms with Crippen LogP contribution < -0.4 is 0 Å². The first-order valence-electron chi connectivity index (χ1n) is 11.2. The third kappa shape index (κ3) is 5.90. The first-order chi connectivity index (χ1) is 16.7. The van der Waals surface area contributed by atoms with Crippen LogP contribution in [0.1, 0.15) is 24.0 Å². The third-order valence-corrected chi connectivity index (χ3v) is 5.92. The van der Waals surface area contributed by atoms with Gasteiger partial charge in [-0.1, -0.05) is 97.1 Å². The molecular weight excluding hydrogens is 420 g/mol. The summed E-state index contributed by atoms with van der Waals surface area (Å²) in [5.41, 5.74) is 3.17. The Hall–Kier alpha value is -4.36. The van der Waals surface area contributed by atoms with Gasteiger partial charge in [0.2, 0.25) is 12.2 Å². The van der Waals surface area contributed by atoms with Crippen molar-refractivity contribution in [1.82, 2.24) is 0 Å². The number of hydrogen-bond donors (Lipinski definition) is 2. The summed E-state index contributed by atoms with van der Waals surface area (Å²) in [6.45, 7) is 0. The molecule has 0 saturated carbocycles. The van der Waals surface area contributed by atoms with Crippen LogP contribution in [0.25, 0.3) is 32.3 Å². The molecule has 2 N–H and O–H groups in total. The van der Waals surface area contributed by atoms with Crippen LogP contribution in [-0.4, -0.2) is 12.2 Å². The number of rotatable bonds is 0. The van der Waals surface area contributed by atoms with E-state index in [4.69, 9.17) is 20.4 Å². The van der Waals surface area contributed by atoms with Gasteiger partial charge in [-0.15, -0.1) is 0 Å². The van der Waals surface area contributed by atoms with Crippen molar-refractivity contribution in [2.45, 2.75) is 25.7 Å². The lowest BCUT2D eigenvalue weighted by Crippen LogP contribution is -2.02. The second-order valence-corrected chi connectivity index (χ2v) is 7.84. The summed E-state index contributed by atoms with van der Waals surface area (Å²) in [5, 5.41) is 19.1. The maximum atomic E-state index is 8.35. The standard InChI is InChI=1S/C18H16.C10H8.2CHNO/c1-3-7-15-13(5-1)9-11-18-16-8-4-2-6-14(16)10-12-17(15)18;1-2-6-10-8-4-3-7-9(10)5-1;2*2-1-3/h1,3,5,7,9-12H,2,4,6,8H2;1-8H;2*2H. The second kappa shape index (κ2) is 12.6. The van der Waals surface area contributed by atoms with Crippen molar-refractivity contribution in [3.63, 3.8) is 0 Å². The summed E-state index contributed by atoms with van der Waals surface area (Å²) in [6.07, 6.45) is 6.72. The lowest BCUT2D eigenvalue weighted by atomic mass is 9.86. The maximum Gasteiger partial charge on any atom is 0.231 e.